The lowest BCUT2D eigenvalue weighted by Crippen LogP contribution is -2.23. The SMILES string of the molecule is c1cncc(-c2noc(-c3ccc4c(c3)CNCC4)n2)c1. The highest BCUT2D eigenvalue weighted by atomic mass is 16.5. The molecule has 0 unspecified atom stereocenters. The Morgan fingerprint density at radius 1 is 1.10 bits per heavy atom. The zero-order chi connectivity index (χ0) is 14.1. The van der Waals surface area contributed by atoms with Crippen molar-refractivity contribution in [3.05, 3.63) is 53.9 Å². The molecule has 0 spiro atoms. The largest absolute Gasteiger partial charge is 0.334 e. The Bertz CT molecular complexity index is 767. The molecule has 0 atom stereocenters. The summed E-state index contributed by atoms with van der Waals surface area (Å²) in [6, 6.07) is 10.1. The maximum absolute atomic E-state index is 5.39. The average Bonchev–Trinajstić information content (AvgIpc) is 3.05. The van der Waals surface area contributed by atoms with E-state index in [0.29, 0.717) is 11.7 Å². The molecule has 3 aromatic rings. The van der Waals surface area contributed by atoms with Crippen molar-refractivity contribution in [1.29, 1.82) is 0 Å². The van der Waals surface area contributed by atoms with Crippen LogP contribution < -0.4 is 5.32 Å². The van der Waals surface area contributed by atoms with Crippen LogP contribution in [0.2, 0.25) is 0 Å². The van der Waals surface area contributed by atoms with Crippen LogP contribution in [0.5, 0.6) is 0 Å². The topological polar surface area (TPSA) is 63.8 Å². The predicted octanol–water partition coefficient (Wildman–Crippen LogP) is 2.44. The van der Waals surface area contributed by atoms with Gasteiger partial charge in [-0.25, -0.2) is 0 Å². The second-order valence-electron chi connectivity index (χ2n) is 5.08. The smallest absolute Gasteiger partial charge is 0.258 e. The molecule has 0 saturated carbocycles. The van der Waals surface area contributed by atoms with Gasteiger partial charge in [-0.05, 0) is 48.4 Å². The summed E-state index contributed by atoms with van der Waals surface area (Å²) in [6.45, 7) is 1.94. The van der Waals surface area contributed by atoms with Crippen LogP contribution in [0.3, 0.4) is 0 Å². The van der Waals surface area contributed by atoms with E-state index in [-0.39, 0.29) is 0 Å². The standard InChI is InChI=1S/C16H14N4O/c1-2-13(9-17-6-1)15-19-16(21-20-15)12-4-3-11-5-7-18-10-14(11)8-12/h1-4,6,8-9,18H,5,7,10H2. The van der Waals surface area contributed by atoms with Crippen LogP contribution >= 0.6 is 0 Å². The van der Waals surface area contributed by atoms with Crippen LogP contribution in [-0.4, -0.2) is 21.7 Å². The van der Waals surface area contributed by atoms with E-state index in [0.717, 1.165) is 30.6 Å². The number of hydrogen-bond acceptors (Lipinski definition) is 5. The Balaban J connectivity index is 1.70. The molecule has 3 heterocycles. The molecule has 0 amide bonds. The van der Waals surface area contributed by atoms with Crippen molar-refractivity contribution in [2.45, 2.75) is 13.0 Å². The molecule has 4 rings (SSSR count). The molecule has 104 valence electrons. The third kappa shape index (κ3) is 2.32. The molecule has 0 aliphatic carbocycles. The molecule has 21 heavy (non-hydrogen) atoms. The number of hydrogen-bond donors (Lipinski definition) is 1. The first-order valence-electron chi connectivity index (χ1n) is 6.97. The number of rotatable bonds is 2. The molecule has 0 saturated heterocycles. The van der Waals surface area contributed by atoms with Gasteiger partial charge in [0, 0.05) is 30.1 Å². The fourth-order valence-electron chi connectivity index (χ4n) is 2.57. The first kappa shape index (κ1) is 12.2. The van der Waals surface area contributed by atoms with Gasteiger partial charge in [-0.3, -0.25) is 4.98 Å². The second-order valence-corrected chi connectivity index (χ2v) is 5.08. The van der Waals surface area contributed by atoms with Crippen molar-refractivity contribution in [2.75, 3.05) is 6.54 Å². The van der Waals surface area contributed by atoms with Crippen LogP contribution in [0.15, 0.2) is 47.2 Å². The van der Waals surface area contributed by atoms with Gasteiger partial charge in [0.1, 0.15) is 0 Å². The van der Waals surface area contributed by atoms with Gasteiger partial charge in [0.15, 0.2) is 0 Å². The molecule has 1 aliphatic rings. The van der Waals surface area contributed by atoms with Crippen molar-refractivity contribution in [1.82, 2.24) is 20.4 Å². The van der Waals surface area contributed by atoms with E-state index < -0.39 is 0 Å². The minimum Gasteiger partial charge on any atom is -0.334 e. The van der Waals surface area contributed by atoms with Crippen LogP contribution in [0.4, 0.5) is 0 Å². The fraction of sp³-hybridized carbons (Fsp3) is 0.188. The summed E-state index contributed by atoms with van der Waals surface area (Å²) >= 11 is 0. The minimum absolute atomic E-state index is 0.544. The summed E-state index contributed by atoms with van der Waals surface area (Å²) in [5.41, 5.74) is 4.51. The first-order chi connectivity index (χ1) is 10.4. The Hall–Kier alpha value is -2.53. The van der Waals surface area contributed by atoms with E-state index in [2.05, 4.69) is 32.6 Å². The third-order valence-electron chi connectivity index (χ3n) is 3.69. The highest BCUT2D eigenvalue weighted by molar-refractivity contribution is 5.60. The van der Waals surface area contributed by atoms with Crippen LogP contribution in [0.1, 0.15) is 11.1 Å². The lowest BCUT2D eigenvalue weighted by atomic mass is 9.98. The van der Waals surface area contributed by atoms with Gasteiger partial charge in [0.05, 0.1) is 0 Å². The number of nitrogens with one attached hydrogen (secondary N) is 1. The highest BCUT2D eigenvalue weighted by Gasteiger charge is 2.14. The number of fused-ring (bicyclic) bond motifs is 1. The molecule has 5 nitrogen and oxygen atoms in total. The quantitative estimate of drug-likeness (QED) is 0.780. The van der Waals surface area contributed by atoms with E-state index in [1.54, 1.807) is 12.4 Å². The maximum Gasteiger partial charge on any atom is 0.258 e. The molecule has 0 bridgehead atoms. The van der Waals surface area contributed by atoms with Gasteiger partial charge in [-0.1, -0.05) is 11.2 Å². The Kier molecular flexibility index (Phi) is 2.97. The van der Waals surface area contributed by atoms with Gasteiger partial charge >= 0.3 is 0 Å². The van der Waals surface area contributed by atoms with E-state index in [4.69, 9.17) is 4.52 Å². The number of aromatic nitrogens is 3. The Labute approximate surface area is 122 Å². The lowest BCUT2D eigenvalue weighted by Gasteiger charge is -2.16. The second kappa shape index (κ2) is 5.10. The van der Waals surface area contributed by atoms with Gasteiger partial charge < -0.3 is 9.84 Å². The fourth-order valence-corrected chi connectivity index (χ4v) is 2.57. The average molecular weight is 278 g/mol. The lowest BCUT2D eigenvalue weighted by molar-refractivity contribution is 0.432. The Morgan fingerprint density at radius 3 is 3.00 bits per heavy atom. The van der Waals surface area contributed by atoms with Gasteiger partial charge in [-0.15, -0.1) is 0 Å². The van der Waals surface area contributed by atoms with Crippen molar-refractivity contribution in [3.63, 3.8) is 0 Å². The highest BCUT2D eigenvalue weighted by Crippen LogP contribution is 2.25. The van der Waals surface area contributed by atoms with Crippen molar-refractivity contribution in [3.8, 4) is 22.8 Å². The van der Waals surface area contributed by atoms with Gasteiger partial charge in [-0.2, -0.15) is 4.98 Å². The molecule has 1 aromatic carbocycles. The normalized spacial score (nSPS) is 13.9. The molecular formula is C16H14N4O. The molecule has 2 aromatic heterocycles. The number of nitrogens with zero attached hydrogens (tertiary/aromatic N) is 3. The minimum atomic E-state index is 0.544. The molecule has 1 N–H and O–H groups in total. The van der Waals surface area contributed by atoms with Crippen molar-refractivity contribution in [2.24, 2.45) is 0 Å². The monoisotopic (exact) mass is 278 g/mol. The number of pyridine rings is 1. The van der Waals surface area contributed by atoms with Crippen LogP contribution in [0.25, 0.3) is 22.8 Å². The zero-order valence-electron chi connectivity index (χ0n) is 11.4. The summed E-state index contributed by atoms with van der Waals surface area (Å²) in [5.74, 6) is 1.11. The number of benzene rings is 1. The molecule has 5 heteroatoms. The van der Waals surface area contributed by atoms with Crippen LogP contribution in [0, 0.1) is 0 Å². The summed E-state index contributed by atoms with van der Waals surface area (Å²) in [5, 5.41) is 7.41. The predicted molar refractivity (Wildman–Crippen MR) is 78.4 cm³/mol. The summed E-state index contributed by atoms with van der Waals surface area (Å²) < 4.78 is 5.39. The summed E-state index contributed by atoms with van der Waals surface area (Å²) in [4.78, 5) is 8.53. The molecule has 0 radical (unpaired) electrons. The van der Waals surface area contributed by atoms with E-state index >= 15 is 0 Å². The molecule has 1 aliphatic heterocycles. The summed E-state index contributed by atoms with van der Waals surface area (Å²) in [7, 11) is 0. The summed E-state index contributed by atoms with van der Waals surface area (Å²) in [6.07, 6.45) is 4.52. The molecule has 0 fully saturated rings. The van der Waals surface area contributed by atoms with Gasteiger partial charge in [0.25, 0.3) is 5.89 Å². The maximum atomic E-state index is 5.39. The van der Waals surface area contributed by atoms with Crippen molar-refractivity contribution >= 4 is 0 Å². The van der Waals surface area contributed by atoms with Gasteiger partial charge in [0.2, 0.25) is 5.82 Å². The van der Waals surface area contributed by atoms with E-state index in [1.165, 1.54) is 11.1 Å². The van der Waals surface area contributed by atoms with Crippen LogP contribution in [-0.2, 0) is 13.0 Å². The van der Waals surface area contributed by atoms with E-state index in [1.807, 2.05) is 18.2 Å². The van der Waals surface area contributed by atoms with Crippen molar-refractivity contribution < 1.29 is 4.52 Å². The Morgan fingerprint density at radius 2 is 2.10 bits per heavy atom. The molecular weight excluding hydrogens is 264 g/mol. The van der Waals surface area contributed by atoms with E-state index in [9.17, 15) is 0 Å². The third-order valence-corrected chi connectivity index (χ3v) is 3.69. The zero-order valence-corrected chi connectivity index (χ0v) is 11.4. The first-order valence-corrected chi connectivity index (χ1v) is 6.97.